The number of thiophene rings is 1. The highest BCUT2D eigenvalue weighted by Gasteiger charge is 2.32. The molecule has 29 heavy (non-hydrogen) atoms. The topological polar surface area (TPSA) is 55.2 Å². The molecule has 1 fully saturated rings. The fourth-order valence-corrected chi connectivity index (χ4v) is 5.51. The number of rotatable bonds is 5. The molecule has 0 radical (unpaired) electrons. The molecule has 1 aromatic carbocycles. The van der Waals surface area contributed by atoms with Crippen LogP contribution in [0.15, 0.2) is 41.5 Å². The Kier molecular flexibility index (Phi) is 4.96. The quantitative estimate of drug-likeness (QED) is 0.603. The molecule has 0 spiro atoms. The monoisotopic (exact) mass is 407 g/mol. The average molecular weight is 408 g/mol. The van der Waals surface area contributed by atoms with E-state index in [9.17, 15) is 9.59 Å². The van der Waals surface area contributed by atoms with Gasteiger partial charge in [-0.3, -0.25) is 14.2 Å². The van der Waals surface area contributed by atoms with E-state index in [1.165, 1.54) is 27.8 Å². The first-order valence-corrected chi connectivity index (χ1v) is 11.4. The number of aromatic nitrogens is 2. The van der Waals surface area contributed by atoms with Crippen molar-refractivity contribution in [2.24, 2.45) is 0 Å². The molecule has 0 bridgehead atoms. The third-order valence-corrected chi connectivity index (χ3v) is 7.20. The van der Waals surface area contributed by atoms with E-state index in [2.05, 4.69) is 4.98 Å². The van der Waals surface area contributed by atoms with Crippen LogP contribution in [0.4, 0.5) is 0 Å². The lowest BCUT2D eigenvalue weighted by atomic mass is 10.1. The standard InChI is InChI=1S/C23H25N3O2S/c27-20(26(17-11-12-17)13-16-7-3-1-4-8-16)14-25-15-24-22-21(23(25)28)18-9-5-2-6-10-19(18)29-22/h1,3-4,7-8,15,17H,2,5-6,9-14H2. The summed E-state index contributed by atoms with van der Waals surface area (Å²) in [5.74, 6) is 0.000854. The maximum atomic E-state index is 13.2. The van der Waals surface area contributed by atoms with Gasteiger partial charge in [0.15, 0.2) is 0 Å². The lowest BCUT2D eigenvalue weighted by molar-refractivity contribution is -0.133. The molecule has 2 aliphatic rings. The van der Waals surface area contributed by atoms with Gasteiger partial charge in [-0.15, -0.1) is 11.3 Å². The van der Waals surface area contributed by atoms with Crippen LogP contribution in [0.3, 0.4) is 0 Å². The zero-order valence-corrected chi connectivity index (χ0v) is 17.3. The Hall–Kier alpha value is -2.47. The molecule has 5 nitrogen and oxygen atoms in total. The zero-order chi connectivity index (χ0) is 19.8. The van der Waals surface area contributed by atoms with E-state index < -0.39 is 0 Å². The minimum absolute atomic E-state index is 0.000854. The van der Waals surface area contributed by atoms with E-state index in [4.69, 9.17) is 0 Å². The second-order valence-corrected chi connectivity index (χ2v) is 9.24. The van der Waals surface area contributed by atoms with Crippen molar-refractivity contribution in [2.45, 2.75) is 64.1 Å². The molecule has 2 aliphatic carbocycles. The van der Waals surface area contributed by atoms with Crippen LogP contribution in [0, 0.1) is 0 Å². The summed E-state index contributed by atoms with van der Waals surface area (Å²) >= 11 is 1.66. The molecule has 1 amide bonds. The van der Waals surface area contributed by atoms with Crippen LogP contribution in [-0.2, 0) is 30.7 Å². The Morgan fingerprint density at radius 1 is 1.14 bits per heavy atom. The third kappa shape index (κ3) is 3.73. The predicted octanol–water partition coefficient (Wildman–Crippen LogP) is 3.92. The van der Waals surface area contributed by atoms with Crippen molar-refractivity contribution in [3.8, 4) is 0 Å². The second-order valence-electron chi connectivity index (χ2n) is 8.16. The molecule has 1 saturated carbocycles. The molecule has 0 atom stereocenters. The number of benzene rings is 1. The van der Waals surface area contributed by atoms with Gasteiger partial charge in [-0.05, 0) is 49.7 Å². The molecule has 0 N–H and O–H groups in total. The average Bonchev–Trinajstić information content (AvgIpc) is 3.54. The first-order valence-electron chi connectivity index (χ1n) is 10.5. The van der Waals surface area contributed by atoms with Gasteiger partial charge < -0.3 is 4.90 Å². The summed E-state index contributed by atoms with van der Waals surface area (Å²) in [5.41, 5.74) is 2.25. The fraction of sp³-hybridized carbons (Fsp3) is 0.435. The minimum Gasteiger partial charge on any atom is -0.334 e. The van der Waals surface area contributed by atoms with Gasteiger partial charge in [-0.25, -0.2) is 4.98 Å². The van der Waals surface area contributed by atoms with Gasteiger partial charge in [0.25, 0.3) is 5.56 Å². The largest absolute Gasteiger partial charge is 0.334 e. The summed E-state index contributed by atoms with van der Waals surface area (Å²) in [4.78, 5) is 35.0. The number of fused-ring (bicyclic) bond motifs is 3. The van der Waals surface area contributed by atoms with Gasteiger partial charge in [-0.1, -0.05) is 36.8 Å². The first kappa shape index (κ1) is 18.6. The molecule has 2 aromatic heterocycles. The van der Waals surface area contributed by atoms with Crippen LogP contribution in [0.5, 0.6) is 0 Å². The molecule has 0 unspecified atom stereocenters. The van der Waals surface area contributed by atoms with Crippen LogP contribution in [0.1, 0.15) is 48.1 Å². The van der Waals surface area contributed by atoms with E-state index in [-0.39, 0.29) is 18.0 Å². The predicted molar refractivity (Wildman–Crippen MR) is 115 cm³/mol. The number of hydrogen-bond acceptors (Lipinski definition) is 4. The normalized spacial score (nSPS) is 16.4. The Bertz CT molecular complexity index is 1100. The van der Waals surface area contributed by atoms with E-state index >= 15 is 0 Å². The summed E-state index contributed by atoms with van der Waals surface area (Å²) < 4.78 is 1.52. The van der Waals surface area contributed by atoms with Gasteiger partial charge in [-0.2, -0.15) is 0 Å². The molecular weight excluding hydrogens is 382 g/mol. The van der Waals surface area contributed by atoms with Crippen molar-refractivity contribution < 1.29 is 4.79 Å². The Morgan fingerprint density at radius 3 is 2.72 bits per heavy atom. The van der Waals surface area contributed by atoms with Crippen molar-refractivity contribution >= 4 is 27.5 Å². The Labute approximate surface area is 174 Å². The maximum Gasteiger partial charge on any atom is 0.262 e. The summed E-state index contributed by atoms with van der Waals surface area (Å²) in [6, 6.07) is 10.4. The molecule has 6 heteroatoms. The SMILES string of the molecule is O=C(Cn1cnc2sc3c(c2c1=O)CCCCC3)N(Cc1ccccc1)C1CC1. The minimum atomic E-state index is -0.0572. The number of carbonyl (C=O) groups excluding carboxylic acids is 1. The number of nitrogens with zero attached hydrogens (tertiary/aromatic N) is 3. The maximum absolute atomic E-state index is 13.2. The Morgan fingerprint density at radius 2 is 1.93 bits per heavy atom. The summed E-state index contributed by atoms with van der Waals surface area (Å²) in [5, 5.41) is 0.753. The molecular formula is C23H25N3O2S. The van der Waals surface area contributed by atoms with Crippen LogP contribution in [0.25, 0.3) is 10.2 Å². The molecule has 2 heterocycles. The van der Waals surface area contributed by atoms with Crippen molar-refractivity contribution in [3.63, 3.8) is 0 Å². The van der Waals surface area contributed by atoms with Crippen LogP contribution in [-0.4, -0.2) is 26.4 Å². The van der Waals surface area contributed by atoms with Gasteiger partial charge >= 0.3 is 0 Å². The van der Waals surface area contributed by atoms with Gasteiger partial charge in [0.05, 0.1) is 11.7 Å². The highest BCUT2D eigenvalue weighted by Crippen LogP contribution is 2.33. The summed E-state index contributed by atoms with van der Waals surface area (Å²) in [7, 11) is 0. The van der Waals surface area contributed by atoms with Gasteiger partial charge in [0, 0.05) is 17.5 Å². The number of amides is 1. The molecule has 0 aliphatic heterocycles. The van der Waals surface area contributed by atoms with Crippen molar-refractivity contribution in [1.82, 2.24) is 14.5 Å². The van der Waals surface area contributed by atoms with Gasteiger partial charge in [0.2, 0.25) is 5.91 Å². The molecule has 150 valence electrons. The van der Waals surface area contributed by atoms with E-state index in [1.807, 2.05) is 35.2 Å². The Balaban J connectivity index is 1.43. The fourth-order valence-electron chi connectivity index (χ4n) is 4.29. The molecule has 3 aromatic rings. The highest BCUT2D eigenvalue weighted by atomic mass is 32.1. The zero-order valence-electron chi connectivity index (χ0n) is 16.5. The third-order valence-electron chi connectivity index (χ3n) is 6.00. The van der Waals surface area contributed by atoms with Crippen LogP contribution >= 0.6 is 11.3 Å². The first-order chi connectivity index (χ1) is 14.2. The van der Waals surface area contributed by atoms with E-state index in [0.717, 1.165) is 47.9 Å². The van der Waals surface area contributed by atoms with E-state index in [1.54, 1.807) is 17.7 Å². The summed E-state index contributed by atoms with van der Waals surface area (Å²) in [6.45, 7) is 0.665. The smallest absolute Gasteiger partial charge is 0.262 e. The van der Waals surface area contributed by atoms with E-state index in [0.29, 0.717) is 12.6 Å². The van der Waals surface area contributed by atoms with Crippen LogP contribution in [0.2, 0.25) is 0 Å². The number of carbonyl (C=O) groups is 1. The van der Waals surface area contributed by atoms with Crippen molar-refractivity contribution in [1.29, 1.82) is 0 Å². The lowest BCUT2D eigenvalue weighted by Gasteiger charge is -2.23. The van der Waals surface area contributed by atoms with Crippen molar-refractivity contribution in [3.05, 3.63) is 63.0 Å². The number of hydrogen-bond donors (Lipinski definition) is 0. The van der Waals surface area contributed by atoms with Crippen molar-refractivity contribution in [2.75, 3.05) is 0 Å². The second kappa shape index (κ2) is 7.75. The van der Waals surface area contributed by atoms with Crippen LogP contribution < -0.4 is 5.56 Å². The lowest BCUT2D eigenvalue weighted by Crippen LogP contribution is -2.37. The highest BCUT2D eigenvalue weighted by molar-refractivity contribution is 7.18. The summed E-state index contributed by atoms with van der Waals surface area (Å²) in [6.07, 6.45) is 9.16. The van der Waals surface area contributed by atoms with Gasteiger partial charge in [0.1, 0.15) is 11.4 Å². The number of aryl methyl sites for hydroxylation is 2. The molecule has 0 saturated heterocycles. The molecule has 5 rings (SSSR count).